The molecule has 0 aromatic rings. The summed E-state index contributed by atoms with van der Waals surface area (Å²) in [5, 5.41) is 7.94. The van der Waals surface area contributed by atoms with Crippen LogP contribution in [-0.2, 0) is 9.47 Å². The van der Waals surface area contributed by atoms with Crippen LogP contribution in [0.25, 0.3) is 0 Å². The molecule has 0 radical (unpaired) electrons. The highest BCUT2D eigenvalue weighted by Crippen LogP contribution is 2.22. The number of methoxy groups -OCH3 is 1. The Bertz CT molecular complexity index is 308. The first-order valence-electron chi connectivity index (χ1n) is 13.6. The van der Waals surface area contributed by atoms with Gasteiger partial charge in [0.25, 0.3) is 0 Å². The monoisotopic (exact) mass is 458 g/mol. The summed E-state index contributed by atoms with van der Waals surface area (Å²) in [7, 11) is 1.55. The molecule has 0 aromatic heterocycles. The Morgan fingerprint density at radius 3 is 1.38 bits per heavy atom. The maximum atomic E-state index is 7.94. The second-order valence-corrected chi connectivity index (χ2v) is 10.00. The first-order valence-corrected chi connectivity index (χ1v) is 13.6. The molecular weight excluding hydrogens is 396 g/mol. The number of hydrogen-bond acceptors (Lipinski definition) is 3. The van der Waals surface area contributed by atoms with Crippen LogP contribution in [0.4, 0.5) is 0 Å². The third-order valence-corrected chi connectivity index (χ3v) is 5.15. The Kier molecular flexibility index (Phi) is 37.1. The average Bonchev–Trinajstić information content (AvgIpc) is 2.74. The van der Waals surface area contributed by atoms with Crippen molar-refractivity contribution >= 4 is 0 Å². The van der Waals surface area contributed by atoms with Crippen LogP contribution < -0.4 is 0 Å². The topological polar surface area (TPSA) is 38.7 Å². The molecule has 3 nitrogen and oxygen atoms in total. The molecule has 0 saturated carbocycles. The van der Waals surface area contributed by atoms with Gasteiger partial charge in [0.2, 0.25) is 0 Å². The number of aliphatic hydroxyl groups excluding tert-OH is 1. The van der Waals surface area contributed by atoms with Crippen molar-refractivity contribution in [1.29, 1.82) is 0 Å². The quantitative estimate of drug-likeness (QED) is 0.146. The van der Waals surface area contributed by atoms with Crippen molar-refractivity contribution in [3.05, 3.63) is 12.7 Å². The number of hydrogen-bond donors (Lipinski definition) is 1. The van der Waals surface area contributed by atoms with E-state index in [1.54, 1.807) is 13.2 Å². The molecule has 196 valence electrons. The molecule has 0 aliphatic carbocycles. The summed E-state index contributed by atoms with van der Waals surface area (Å²) in [6.07, 6.45) is 23.9. The lowest BCUT2D eigenvalue weighted by Gasteiger charge is -2.17. The van der Waals surface area contributed by atoms with Gasteiger partial charge in [0.05, 0.1) is 13.2 Å². The number of allylic oxidation sites excluding steroid dienone is 1. The number of aliphatic hydroxyl groups is 1. The van der Waals surface area contributed by atoms with Crippen LogP contribution in [0.5, 0.6) is 0 Å². The zero-order chi connectivity index (χ0) is 24.8. The van der Waals surface area contributed by atoms with Crippen molar-refractivity contribution in [2.45, 2.75) is 137 Å². The second kappa shape index (κ2) is 32.8. The standard InChI is InChI=1S/C23H48O.C3H8O2.C3H6/c1-5-6-7-8-9-12-15-18-21-24-22-19-16-13-10-11-14-17-20-23(2,3)4;1-5-3-2-4;1-3-2/h5-22H2,1-4H3;4H,2-3H2,1H3;3H,1H2,2H3. The highest BCUT2D eigenvalue weighted by Gasteiger charge is 2.08. The Morgan fingerprint density at radius 2 is 1.06 bits per heavy atom. The van der Waals surface area contributed by atoms with Gasteiger partial charge in [-0.15, -0.1) is 6.58 Å². The molecule has 0 atom stereocenters. The van der Waals surface area contributed by atoms with Gasteiger partial charge in [0, 0.05) is 20.3 Å². The minimum atomic E-state index is 0.122. The molecule has 0 aliphatic rings. The average molecular weight is 459 g/mol. The summed E-state index contributed by atoms with van der Waals surface area (Å²) in [6.45, 7) is 17.1. The van der Waals surface area contributed by atoms with Crippen LogP contribution in [0.3, 0.4) is 0 Å². The van der Waals surface area contributed by atoms with Crippen molar-refractivity contribution < 1.29 is 14.6 Å². The molecular formula is C29H62O3. The Labute approximate surface area is 203 Å². The van der Waals surface area contributed by atoms with Crippen LogP contribution in [0.2, 0.25) is 0 Å². The van der Waals surface area contributed by atoms with E-state index in [1.807, 2.05) is 6.92 Å². The highest BCUT2D eigenvalue weighted by molar-refractivity contribution is 4.61. The smallest absolute Gasteiger partial charge is 0.0693 e. The minimum absolute atomic E-state index is 0.122. The fraction of sp³-hybridized carbons (Fsp3) is 0.931. The van der Waals surface area contributed by atoms with E-state index in [2.05, 4.69) is 39.0 Å². The molecule has 0 fully saturated rings. The molecule has 0 spiro atoms. The van der Waals surface area contributed by atoms with Crippen LogP contribution in [-0.4, -0.2) is 38.6 Å². The van der Waals surface area contributed by atoms with Crippen molar-refractivity contribution in [3.8, 4) is 0 Å². The largest absolute Gasteiger partial charge is 0.394 e. The van der Waals surface area contributed by atoms with E-state index in [4.69, 9.17) is 9.84 Å². The third-order valence-electron chi connectivity index (χ3n) is 5.15. The van der Waals surface area contributed by atoms with E-state index in [0.717, 1.165) is 13.2 Å². The van der Waals surface area contributed by atoms with Crippen molar-refractivity contribution in [3.63, 3.8) is 0 Å². The second-order valence-electron chi connectivity index (χ2n) is 10.00. The SMILES string of the molecule is C=CC.CCCCCCCCCCOCCCCCCCCCC(C)(C)C.COCCO. The molecule has 0 rings (SSSR count). The number of unbranched alkanes of at least 4 members (excludes halogenated alkanes) is 13. The summed E-state index contributed by atoms with van der Waals surface area (Å²) < 4.78 is 10.2. The predicted octanol–water partition coefficient (Wildman–Crippen LogP) is 9.13. The molecule has 0 aliphatic heterocycles. The molecule has 0 bridgehead atoms. The normalized spacial score (nSPS) is 10.7. The molecule has 0 heterocycles. The lowest BCUT2D eigenvalue weighted by atomic mass is 9.89. The van der Waals surface area contributed by atoms with E-state index in [0.29, 0.717) is 12.0 Å². The zero-order valence-corrected chi connectivity index (χ0v) is 23.2. The van der Waals surface area contributed by atoms with Gasteiger partial charge >= 0.3 is 0 Å². The van der Waals surface area contributed by atoms with E-state index < -0.39 is 0 Å². The first kappa shape index (κ1) is 36.2. The molecule has 32 heavy (non-hydrogen) atoms. The van der Waals surface area contributed by atoms with Crippen molar-refractivity contribution in [2.24, 2.45) is 5.41 Å². The highest BCUT2D eigenvalue weighted by atomic mass is 16.5. The van der Waals surface area contributed by atoms with Crippen LogP contribution in [0.1, 0.15) is 137 Å². The van der Waals surface area contributed by atoms with Crippen molar-refractivity contribution in [2.75, 3.05) is 33.5 Å². The molecule has 1 N–H and O–H groups in total. The Morgan fingerprint density at radius 1 is 0.688 bits per heavy atom. The van der Waals surface area contributed by atoms with E-state index in [1.165, 1.54) is 103 Å². The maximum Gasteiger partial charge on any atom is 0.0693 e. The van der Waals surface area contributed by atoms with Crippen LogP contribution in [0, 0.1) is 5.41 Å². The van der Waals surface area contributed by atoms with Gasteiger partial charge in [-0.1, -0.05) is 117 Å². The molecule has 0 amide bonds. The van der Waals surface area contributed by atoms with Crippen LogP contribution >= 0.6 is 0 Å². The van der Waals surface area contributed by atoms with Crippen LogP contribution in [0.15, 0.2) is 12.7 Å². The van der Waals surface area contributed by atoms with E-state index >= 15 is 0 Å². The fourth-order valence-electron chi connectivity index (χ4n) is 3.27. The van der Waals surface area contributed by atoms with Gasteiger partial charge < -0.3 is 14.6 Å². The number of rotatable bonds is 20. The zero-order valence-electron chi connectivity index (χ0n) is 23.2. The van der Waals surface area contributed by atoms with Crippen molar-refractivity contribution in [1.82, 2.24) is 0 Å². The third kappa shape index (κ3) is 47.4. The summed E-state index contributed by atoms with van der Waals surface area (Å²) in [4.78, 5) is 0. The number of ether oxygens (including phenoxy) is 2. The van der Waals surface area contributed by atoms with E-state index in [-0.39, 0.29) is 6.61 Å². The minimum Gasteiger partial charge on any atom is -0.394 e. The summed E-state index contributed by atoms with van der Waals surface area (Å²) in [5.41, 5.74) is 0.520. The lowest BCUT2D eigenvalue weighted by Crippen LogP contribution is -2.03. The summed E-state index contributed by atoms with van der Waals surface area (Å²) >= 11 is 0. The molecule has 0 unspecified atom stereocenters. The van der Waals surface area contributed by atoms with Gasteiger partial charge in [-0.25, -0.2) is 0 Å². The summed E-state index contributed by atoms with van der Waals surface area (Å²) in [6, 6.07) is 0. The first-order chi connectivity index (χ1) is 15.4. The Hall–Kier alpha value is -0.380. The maximum absolute atomic E-state index is 7.94. The van der Waals surface area contributed by atoms with Gasteiger partial charge in [-0.3, -0.25) is 0 Å². The van der Waals surface area contributed by atoms with E-state index in [9.17, 15) is 0 Å². The molecule has 0 aromatic carbocycles. The lowest BCUT2D eigenvalue weighted by molar-refractivity contribution is 0.125. The summed E-state index contributed by atoms with van der Waals surface area (Å²) in [5.74, 6) is 0. The van der Waals surface area contributed by atoms with Gasteiger partial charge in [0.1, 0.15) is 0 Å². The Balaban J connectivity index is -0.000000897. The fourth-order valence-corrected chi connectivity index (χ4v) is 3.27. The molecule has 0 saturated heterocycles. The van der Waals surface area contributed by atoms with Gasteiger partial charge in [-0.05, 0) is 31.6 Å². The molecule has 3 heteroatoms. The van der Waals surface area contributed by atoms with Gasteiger partial charge in [0.15, 0.2) is 0 Å². The van der Waals surface area contributed by atoms with Gasteiger partial charge in [-0.2, -0.15) is 0 Å². The predicted molar refractivity (Wildman–Crippen MR) is 145 cm³/mol.